The molecule has 0 unspecified atom stereocenters. The third-order valence-electron chi connectivity index (χ3n) is 2.03. The highest BCUT2D eigenvalue weighted by Crippen LogP contribution is 2.16. The average Bonchev–Trinajstić information content (AvgIpc) is 2.96. The second-order valence-electron chi connectivity index (χ2n) is 3.13. The molecule has 2 rings (SSSR count). The molecule has 2 N–H and O–H groups in total. The van der Waals surface area contributed by atoms with E-state index in [1.165, 1.54) is 16.2 Å². The monoisotopic (exact) mass is 237 g/mol. The van der Waals surface area contributed by atoms with E-state index in [0.717, 1.165) is 6.42 Å². The summed E-state index contributed by atoms with van der Waals surface area (Å²) in [6.07, 6.45) is 0.947. The number of aryl methyl sites for hydroxylation is 1. The van der Waals surface area contributed by atoms with E-state index in [0.29, 0.717) is 10.7 Å². The van der Waals surface area contributed by atoms with Gasteiger partial charge in [0.2, 0.25) is 0 Å². The van der Waals surface area contributed by atoms with E-state index in [1.54, 1.807) is 0 Å². The molecule has 0 bridgehead atoms. The minimum Gasteiger partial charge on any atom is -0.344 e. The molecule has 0 spiro atoms. The largest absolute Gasteiger partial charge is 0.344 e. The summed E-state index contributed by atoms with van der Waals surface area (Å²) < 4.78 is 0. The highest BCUT2D eigenvalue weighted by molar-refractivity contribution is 7.14. The summed E-state index contributed by atoms with van der Waals surface area (Å²) in [5.41, 5.74) is 0. The number of hydrogen-bond donors (Lipinski definition) is 2. The molecule has 0 aromatic carbocycles. The van der Waals surface area contributed by atoms with Gasteiger partial charge in [-0.2, -0.15) is 5.21 Å². The van der Waals surface area contributed by atoms with Crippen LogP contribution in [0.3, 0.4) is 0 Å². The first-order valence-electron chi connectivity index (χ1n) is 4.89. The molecule has 0 saturated carbocycles. The van der Waals surface area contributed by atoms with Crippen LogP contribution in [0.2, 0.25) is 0 Å². The molecule has 6 nitrogen and oxygen atoms in total. The van der Waals surface area contributed by atoms with E-state index in [-0.39, 0.29) is 12.5 Å². The summed E-state index contributed by atoms with van der Waals surface area (Å²) in [5, 5.41) is 15.9. The zero-order valence-corrected chi connectivity index (χ0v) is 9.54. The Morgan fingerprint density at radius 1 is 1.56 bits per heavy atom. The quantitative estimate of drug-likeness (QED) is 0.822. The topological polar surface area (TPSA) is 83.6 Å². The number of hydrogen-bond acceptors (Lipinski definition) is 5. The molecule has 0 fully saturated rings. The Hall–Kier alpha value is -1.76. The van der Waals surface area contributed by atoms with Crippen LogP contribution in [0.4, 0.5) is 0 Å². The van der Waals surface area contributed by atoms with Crippen LogP contribution in [0.5, 0.6) is 0 Å². The van der Waals surface area contributed by atoms with Crippen molar-refractivity contribution in [3.05, 3.63) is 27.7 Å². The zero-order valence-electron chi connectivity index (χ0n) is 8.73. The van der Waals surface area contributed by atoms with Crippen molar-refractivity contribution in [3.63, 3.8) is 0 Å². The molecule has 2 aromatic heterocycles. The summed E-state index contributed by atoms with van der Waals surface area (Å²) in [4.78, 5) is 13.6. The van der Waals surface area contributed by atoms with Gasteiger partial charge in [0.25, 0.3) is 5.91 Å². The third kappa shape index (κ3) is 2.43. The first-order chi connectivity index (χ1) is 7.79. The Balaban J connectivity index is 1.93. The maximum atomic E-state index is 11.7. The number of thiophene rings is 1. The first-order valence-corrected chi connectivity index (χ1v) is 5.70. The second-order valence-corrected chi connectivity index (χ2v) is 4.30. The Morgan fingerprint density at radius 3 is 3.06 bits per heavy atom. The molecule has 2 aromatic rings. The number of carbonyl (C=O) groups is 1. The summed E-state index contributed by atoms with van der Waals surface area (Å²) in [6.45, 7) is 2.35. The van der Waals surface area contributed by atoms with Crippen LogP contribution in [0.25, 0.3) is 0 Å². The Morgan fingerprint density at radius 2 is 2.44 bits per heavy atom. The number of nitrogens with zero attached hydrogens (tertiary/aromatic N) is 3. The number of amides is 1. The van der Waals surface area contributed by atoms with Crippen LogP contribution < -0.4 is 5.32 Å². The van der Waals surface area contributed by atoms with Gasteiger partial charge in [-0.3, -0.25) is 4.79 Å². The van der Waals surface area contributed by atoms with Crippen molar-refractivity contribution in [1.29, 1.82) is 0 Å². The van der Waals surface area contributed by atoms with Crippen molar-refractivity contribution in [2.45, 2.75) is 19.9 Å². The van der Waals surface area contributed by atoms with E-state index in [4.69, 9.17) is 0 Å². The predicted molar refractivity (Wildman–Crippen MR) is 59.0 cm³/mol. The number of nitrogens with one attached hydrogen (secondary N) is 2. The van der Waals surface area contributed by atoms with E-state index in [2.05, 4.69) is 32.9 Å². The van der Waals surface area contributed by atoms with Crippen LogP contribution in [0, 0.1) is 0 Å². The minimum atomic E-state index is -0.102. The molecule has 84 valence electrons. The van der Waals surface area contributed by atoms with Crippen LogP contribution in [0.1, 0.15) is 27.3 Å². The molecule has 1 amide bonds. The zero-order chi connectivity index (χ0) is 11.4. The number of rotatable bonds is 4. The predicted octanol–water partition coefficient (Wildman–Crippen LogP) is 0.754. The van der Waals surface area contributed by atoms with Gasteiger partial charge in [-0.15, -0.1) is 21.5 Å². The van der Waals surface area contributed by atoms with E-state index >= 15 is 0 Å². The fourth-order valence-electron chi connectivity index (χ4n) is 1.19. The third-order valence-corrected chi connectivity index (χ3v) is 3.26. The molecule has 0 radical (unpaired) electrons. The molecule has 0 saturated heterocycles. The highest BCUT2D eigenvalue weighted by Gasteiger charge is 2.09. The second kappa shape index (κ2) is 4.84. The fraction of sp³-hybridized carbons (Fsp3) is 0.333. The average molecular weight is 237 g/mol. The highest BCUT2D eigenvalue weighted by atomic mass is 32.1. The van der Waals surface area contributed by atoms with Gasteiger partial charge in [-0.05, 0) is 18.6 Å². The van der Waals surface area contributed by atoms with Crippen LogP contribution in [-0.2, 0) is 13.0 Å². The van der Waals surface area contributed by atoms with Crippen molar-refractivity contribution >= 4 is 17.2 Å². The first kappa shape index (κ1) is 10.7. The number of carbonyl (C=O) groups excluding carboxylic acids is 1. The van der Waals surface area contributed by atoms with Gasteiger partial charge >= 0.3 is 0 Å². The Bertz CT molecular complexity index is 464. The molecule has 0 atom stereocenters. The molecule has 16 heavy (non-hydrogen) atoms. The van der Waals surface area contributed by atoms with Gasteiger partial charge < -0.3 is 5.32 Å². The van der Waals surface area contributed by atoms with Crippen molar-refractivity contribution in [2.75, 3.05) is 0 Å². The van der Waals surface area contributed by atoms with Gasteiger partial charge in [-0.25, -0.2) is 0 Å². The standard InChI is InChI=1S/C9H11N5OS/c1-2-6-3-4-7(16-6)9(15)10-5-8-11-13-14-12-8/h3-4H,2,5H2,1H3,(H,10,15)(H,11,12,13,14). The molecule has 7 heteroatoms. The van der Waals surface area contributed by atoms with Gasteiger partial charge in [0.1, 0.15) is 0 Å². The molecule has 0 aliphatic carbocycles. The van der Waals surface area contributed by atoms with Crippen LogP contribution >= 0.6 is 11.3 Å². The van der Waals surface area contributed by atoms with Gasteiger partial charge in [0, 0.05) is 4.88 Å². The summed E-state index contributed by atoms with van der Waals surface area (Å²) in [5.74, 6) is 0.370. The Labute approximate surface area is 96.1 Å². The van der Waals surface area contributed by atoms with Gasteiger partial charge in [0.15, 0.2) is 5.82 Å². The molecule has 2 heterocycles. The fourth-order valence-corrected chi connectivity index (χ4v) is 2.06. The molecular formula is C9H11N5OS. The van der Waals surface area contributed by atoms with Crippen molar-refractivity contribution < 1.29 is 4.79 Å². The lowest BCUT2D eigenvalue weighted by molar-refractivity contribution is 0.0954. The number of tetrazole rings is 1. The molecular weight excluding hydrogens is 226 g/mol. The summed E-state index contributed by atoms with van der Waals surface area (Å²) in [7, 11) is 0. The van der Waals surface area contributed by atoms with E-state index < -0.39 is 0 Å². The maximum absolute atomic E-state index is 11.7. The van der Waals surface area contributed by atoms with Crippen LogP contribution in [0.15, 0.2) is 12.1 Å². The maximum Gasteiger partial charge on any atom is 0.261 e. The van der Waals surface area contributed by atoms with E-state index in [9.17, 15) is 4.79 Å². The SMILES string of the molecule is CCc1ccc(C(=O)NCc2nn[nH]n2)s1. The summed E-state index contributed by atoms with van der Waals surface area (Å²) in [6, 6.07) is 3.79. The van der Waals surface area contributed by atoms with Crippen molar-refractivity contribution in [2.24, 2.45) is 0 Å². The number of aromatic nitrogens is 4. The van der Waals surface area contributed by atoms with Gasteiger partial charge in [-0.1, -0.05) is 12.1 Å². The molecule has 0 aliphatic heterocycles. The van der Waals surface area contributed by atoms with Crippen LogP contribution in [-0.4, -0.2) is 26.5 Å². The minimum absolute atomic E-state index is 0.102. The van der Waals surface area contributed by atoms with Crippen molar-refractivity contribution in [1.82, 2.24) is 25.9 Å². The smallest absolute Gasteiger partial charge is 0.261 e. The Kier molecular flexibility index (Phi) is 3.25. The lowest BCUT2D eigenvalue weighted by Gasteiger charge is -1.98. The van der Waals surface area contributed by atoms with Gasteiger partial charge in [0.05, 0.1) is 11.4 Å². The van der Waals surface area contributed by atoms with Crippen molar-refractivity contribution in [3.8, 4) is 0 Å². The normalized spacial score (nSPS) is 10.3. The van der Waals surface area contributed by atoms with E-state index in [1.807, 2.05) is 12.1 Å². The lowest BCUT2D eigenvalue weighted by Crippen LogP contribution is -2.22. The number of aromatic amines is 1. The number of H-pyrrole nitrogens is 1. The summed E-state index contributed by atoms with van der Waals surface area (Å²) >= 11 is 1.50. The molecule has 0 aliphatic rings. The lowest BCUT2D eigenvalue weighted by atomic mass is 10.3.